The molecule has 120 valence electrons. The van der Waals surface area contributed by atoms with E-state index in [4.69, 9.17) is 4.74 Å². The Morgan fingerprint density at radius 3 is 2.14 bits per heavy atom. The Kier molecular flexibility index (Phi) is 4.60. The molecular weight excluding hydrogens is 302 g/mol. The van der Waals surface area contributed by atoms with Crippen LogP contribution in [-0.2, 0) is 19.4 Å². The molecule has 1 aromatic carbocycles. The highest BCUT2D eigenvalue weighted by molar-refractivity contribution is 7.90. The van der Waals surface area contributed by atoms with Crippen molar-refractivity contribution in [3.05, 3.63) is 35.5 Å². The van der Waals surface area contributed by atoms with E-state index in [2.05, 4.69) is 0 Å². The van der Waals surface area contributed by atoms with Crippen LogP contribution in [0.25, 0.3) is 5.57 Å². The van der Waals surface area contributed by atoms with E-state index in [0.29, 0.717) is 18.8 Å². The Balaban J connectivity index is 2.53. The molecule has 0 saturated carbocycles. The van der Waals surface area contributed by atoms with Gasteiger partial charge in [-0.3, -0.25) is 0 Å². The van der Waals surface area contributed by atoms with Gasteiger partial charge in [0.05, 0.1) is 4.90 Å². The fourth-order valence-electron chi connectivity index (χ4n) is 2.67. The number of benzene rings is 1. The monoisotopic (exact) mass is 323 g/mol. The summed E-state index contributed by atoms with van der Waals surface area (Å²) >= 11 is 0. The molecule has 6 heteroatoms. The van der Waals surface area contributed by atoms with Crippen LogP contribution in [0, 0.1) is 0 Å². The van der Waals surface area contributed by atoms with Gasteiger partial charge in [-0.05, 0) is 38.5 Å². The van der Waals surface area contributed by atoms with E-state index in [1.54, 1.807) is 24.3 Å². The highest BCUT2D eigenvalue weighted by atomic mass is 32.2. The fourth-order valence-corrected chi connectivity index (χ4v) is 3.30. The van der Waals surface area contributed by atoms with Crippen LogP contribution >= 0.6 is 0 Å². The van der Waals surface area contributed by atoms with Crippen LogP contribution in [-0.4, -0.2) is 44.7 Å². The number of hydrogen-bond donors (Lipinski definition) is 0. The van der Waals surface area contributed by atoms with Crippen LogP contribution in [0.4, 0.5) is 0 Å². The van der Waals surface area contributed by atoms with Gasteiger partial charge in [0, 0.05) is 24.9 Å². The topological polar surface area (TPSA) is 63.7 Å². The van der Waals surface area contributed by atoms with Gasteiger partial charge in [0.2, 0.25) is 0 Å². The summed E-state index contributed by atoms with van der Waals surface area (Å²) in [6.07, 6.45) is 0.833. The molecule has 1 aromatic rings. The lowest BCUT2D eigenvalue weighted by Gasteiger charge is -2.21. The van der Waals surface area contributed by atoms with Gasteiger partial charge < -0.3 is 9.64 Å². The first kappa shape index (κ1) is 16.5. The molecule has 0 aliphatic carbocycles. The summed E-state index contributed by atoms with van der Waals surface area (Å²) in [6, 6.07) is 6.58. The molecule has 0 saturated heterocycles. The molecule has 0 fully saturated rings. The third-order valence-electron chi connectivity index (χ3n) is 3.81. The van der Waals surface area contributed by atoms with Gasteiger partial charge in [-0.2, -0.15) is 0 Å². The Morgan fingerprint density at radius 2 is 1.68 bits per heavy atom. The third kappa shape index (κ3) is 3.02. The van der Waals surface area contributed by atoms with Crippen molar-refractivity contribution in [1.82, 2.24) is 4.90 Å². The third-order valence-corrected chi connectivity index (χ3v) is 4.94. The maximum absolute atomic E-state index is 12.1. The summed E-state index contributed by atoms with van der Waals surface area (Å²) in [5.74, 6) is -0.321. The number of carbonyl (C=O) groups excluding carboxylic acids is 1. The fraction of sp³-hybridized carbons (Fsp3) is 0.438. The molecule has 0 aromatic heterocycles. The van der Waals surface area contributed by atoms with Gasteiger partial charge in [0.1, 0.15) is 11.8 Å². The van der Waals surface area contributed by atoms with Crippen LogP contribution < -0.4 is 0 Å². The van der Waals surface area contributed by atoms with Crippen LogP contribution in [0.15, 0.2) is 34.9 Å². The molecule has 0 spiro atoms. The maximum atomic E-state index is 12.1. The summed E-state index contributed by atoms with van der Waals surface area (Å²) in [5, 5.41) is 0. The molecule has 1 aliphatic rings. The number of likely N-dealkylation sites (N-methyl/N-ethyl adjacent to an activating group) is 1. The van der Waals surface area contributed by atoms with Crippen molar-refractivity contribution in [1.29, 1.82) is 0 Å². The standard InChI is InChI=1S/C16H21NO4S/c1-5-17(6-2)15-14(11(3)21-16(15)18)12-7-9-13(10-8-12)22(4,19)20/h7-11H,5-6H2,1-4H3. The van der Waals surface area contributed by atoms with Crippen LogP contribution in [0.2, 0.25) is 0 Å². The SMILES string of the molecule is CCN(CC)C1=C(c2ccc(S(C)(=O)=O)cc2)C(C)OC1=O. The smallest absolute Gasteiger partial charge is 0.355 e. The normalized spacial score (nSPS) is 18.5. The minimum Gasteiger partial charge on any atom is -0.453 e. The molecule has 1 atom stereocenters. The van der Waals surface area contributed by atoms with Crippen LogP contribution in [0.1, 0.15) is 26.3 Å². The zero-order valence-electron chi connectivity index (χ0n) is 13.3. The molecular formula is C16H21NO4S. The number of cyclic esters (lactones) is 1. The number of hydrogen-bond acceptors (Lipinski definition) is 5. The lowest BCUT2D eigenvalue weighted by atomic mass is 10.00. The Bertz CT molecular complexity index is 700. The molecule has 0 amide bonds. The minimum absolute atomic E-state index is 0.263. The average molecular weight is 323 g/mol. The summed E-state index contributed by atoms with van der Waals surface area (Å²) in [6.45, 7) is 7.21. The van der Waals surface area contributed by atoms with Crippen molar-refractivity contribution in [2.45, 2.75) is 31.8 Å². The zero-order chi connectivity index (χ0) is 16.5. The Hall–Kier alpha value is -1.82. The molecule has 1 aliphatic heterocycles. The van der Waals surface area contributed by atoms with Gasteiger partial charge >= 0.3 is 5.97 Å². The number of sulfone groups is 1. The van der Waals surface area contributed by atoms with Crippen molar-refractivity contribution in [2.24, 2.45) is 0 Å². The van der Waals surface area contributed by atoms with E-state index in [1.165, 1.54) is 6.26 Å². The quantitative estimate of drug-likeness (QED) is 0.776. The number of carbonyl (C=O) groups is 1. The molecule has 5 nitrogen and oxygen atoms in total. The zero-order valence-corrected chi connectivity index (χ0v) is 14.1. The molecule has 0 bridgehead atoms. The van der Waals surface area contributed by atoms with E-state index in [-0.39, 0.29) is 17.0 Å². The predicted octanol–water partition coefficient (Wildman–Crippen LogP) is 2.09. The summed E-state index contributed by atoms with van der Waals surface area (Å²) in [7, 11) is -3.23. The number of nitrogens with zero attached hydrogens (tertiary/aromatic N) is 1. The van der Waals surface area contributed by atoms with E-state index >= 15 is 0 Å². The van der Waals surface area contributed by atoms with Crippen molar-refractivity contribution >= 4 is 21.4 Å². The van der Waals surface area contributed by atoms with Gasteiger partial charge in [-0.1, -0.05) is 12.1 Å². The Labute approximate surface area is 131 Å². The van der Waals surface area contributed by atoms with Gasteiger partial charge in [-0.25, -0.2) is 13.2 Å². The van der Waals surface area contributed by atoms with E-state index in [1.807, 2.05) is 25.7 Å². The van der Waals surface area contributed by atoms with Crippen LogP contribution in [0.3, 0.4) is 0 Å². The molecule has 0 N–H and O–H groups in total. The molecule has 2 rings (SSSR count). The lowest BCUT2D eigenvalue weighted by Crippen LogP contribution is -2.26. The van der Waals surface area contributed by atoms with E-state index < -0.39 is 9.84 Å². The summed E-state index contributed by atoms with van der Waals surface area (Å²) in [5.41, 5.74) is 2.20. The van der Waals surface area contributed by atoms with Crippen molar-refractivity contribution in [3.63, 3.8) is 0 Å². The van der Waals surface area contributed by atoms with Gasteiger partial charge in [0.25, 0.3) is 0 Å². The highest BCUT2D eigenvalue weighted by Crippen LogP contribution is 2.33. The van der Waals surface area contributed by atoms with Gasteiger partial charge in [-0.15, -0.1) is 0 Å². The first-order valence-electron chi connectivity index (χ1n) is 7.30. The molecule has 22 heavy (non-hydrogen) atoms. The summed E-state index contributed by atoms with van der Waals surface area (Å²) < 4.78 is 28.4. The molecule has 0 radical (unpaired) electrons. The second-order valence-corrected chi connectivity index (χ2v) is 7.29. The highest BCUT2D eigenvalue weighted by Gasteiger charge is 2.34. The molecule has 1 heterocycles. The van der Waals surface area contributed by atoms with Crippen LogP contribution in [0.5, 0.6) is 0 Å². The van der Waals surface area contributed by atoms with E-state index in [9.17, 15) is 13.2 Å². The first-order valence-corrected chi connectivity index (χ1v) is 9.19. The minimum atomic E-state index is -3.23. The number of esters is 1. The average Bonchev–Trinajstić information content (AvgIpc) is 2.75. The van der Waals surface area contributed by atoms with Crippen molar-refractivity contribution in [3.8, 4) is 0 Å². The second-order valence-electron chi connectivity index (χ2n) is 5.28. The summed E-state index contributed by atoms with van der Waals surface area (Å²) in [4.78, 5) is 14.4. The van der Waals surface area contributed by atoms with Crippen molar-refractivity contribution in [2.75, 3.05) is 19.3 Å². The second kappa shape index (κ2) is 6.12. The van der Waals surface area contributed by atoms with Crippen molar-refractivity contribution < 1.29 is 17.9 Å². The first-order chi connectivity index (χ1) is 10.3. The predicted molar refractivity (Wildman–Crippen MR) is 84.9 cm³/mol. The largest absolute Gasteiger partial charge is 0.453 e. The van der Waals surface area contributed by atoms with Gasteiger partial charge in [0.15, 0.2) is 9.84 Å². The number of ether oxygens (including phenoxy) is 1. The lowest BCUT2D eigenvalue weighted by molar-refractivity contribution is -0.140. The number of rotatable bonds is 5. The molecule has 1 unspecified atom stereocenters. The maximum Gasteiger partial charge on any atom is 0.355 e. The van der Waals surface area contributed by atoms with E-state index in [0.717, 1.165) is 11.1 Å². The Morgan fingerprint density at radius 1 is 1.14 bits per heavy atom.